The van der Waals surface area contributed by atoms with E-state index in [1.54, 1.807) is 24.9 Å². The Balaban J connectivity index is 1.59. The number of pyridine rings is 1. The molecule has 0 aliphatic heterocycles. The van der Waals surface area contributed by atoms with Crippen molar-refractivity contribution in [3.63, 3.8) is 0 Å². The number of unbranched alkanes of at least 4 members (excludes halogenated alkanes) is 3. The molecule has 7 nitrogen and oxygen atoms in total. The number of aliphatic imine (C=N–C) groups is 1. The summed E-state index contributed by atoms with van der Waals surface area (Å²) in [7, 11) is 0. The van der Waals surface area contributed by atoms with Gasteiger partial charge in [0.25, 0.3) is 0 Å². The SMILES string of the molecule is N#CN=C(NCCCCCCc1cncnc1)Nc1ccncc1. The first-order valence-electron chi connectivity index (χ1n) is 8.00. The summed E-state index contributed by atoms with van der Waals surface area (Å²) in [5.41, 5.74) is 2.03. The fraction of sp³-hybridized carbons (Fsp3) is 0.353. The molecule has 24 heavy (non-hydrogen) atoms. The van der Waals surface area contributed by atoms with Gasteiger partial charge in [0.15, 0.2) is 0 Å². The predicted molar refractivity (Wildman–Crippen MR) is 93.1 cm³/mol. The molecular weight excluding hydrogens is 302 g/mol. The molecule has 7 heteroatoms. The van der Waals surface area contributed by atoms with Crippen molar-refractivity contribution < 1.29 is 0 Å². The molecule has 0 aromatic carbocycles. The summed E-state index contributed by atoms with van der Waals surface area (Å²) >= 11 is 0. The second-order valence-corrected chi connectivity index (χ2v) is 5.26. The van der Waals surface area contributed by atoms with Gasteiger partial charge in [-0.3, -0.25) is 4.98 Å². The van der Waals surface area contributed by atoms with E-state index < -0.39 is 0 Å². The van der Waals surface area contributed by atoms with E-state index >= 15 is 0 Å². The maximum Gasteiger partial charge on any atom is 0.211 e. The molecule has 2 N–H and O–H groups in total. The number of aromatic nitrogens is 3. The van der Waals surface area contributed by atoms with Crippen LogP contribution in [0, 0.1) is 11.5 Å². The van der Waals surface area contributed by atoms with E-state index in [-0.39, 0.29) is 0 Å². The standard InChI is InChI=1S/C17H21N7/c18-13-23-17(24-16-6-9-19-10-7-16)22-8-4-2-1-3-5-15-11-20-14-21-12-15/h6-7,9-12,14H,1-5,8H2,(H2,19,22,23,24). The fourth-order valence-electron chi connectivity index (χ4n) is 2.21. The van der Waals surface area contributed by atoms with E-state index in [0.29, 0.717) is 5.96 Å². The van der Waals surface area contributed by atoms with Crippen LogP contribution in [0.1, 0.15) is 31.2 Å². The third-order valence-corrected chi connectivity index (χ3v) is 3.40. The molecule has 0 saturated carbocycles. The summed E-state index contributed by atoms with van der Waals surface area (Å²) in [5, 5.41) is 15.0. The Kier molecular flexibility index (Phi) is 7.71. The highest BCUT2D eigenvalue weighted by molar-refractivity contribution is 5.94. The highest BCUT2D eigenvalue weighted by Crippen LogP contribution is 2.06. The van der Waals surface area contributed by atoms with Crippen molar-refractivity contribution in [3.8, 4) is 6.19 Å². The number of guanidine groups is 1. The summed E-state index contributed by atoms with van der Waals surface area (Å²) in [5.74, 6) is 0.463. The number of nitriles is 1. The quantitative estimate of drug-likeness (QED) is 0.335. The van der Waals surface area contributed by atoms with Crippen LogP contribution < -0.4 is 10.6 Å². The molecule has 2 rings (SSSR count). The number of aryl methyl sites for hydroxylation is 1. The smallest absolute Gasteiger partial charge is 0.211 e. The number of rotatable bonds is 8. The van der Waals surface area contributed by atoms with Crippen LogP contribution in [-0.4, -0.2) is 27.5 Å². The molecule has 0 amide bonds. The molecule has 0 bridgehead atoms. The van der Waals surface area contributed by atoms with Crippen LogP contribution in [0.2, 0.25) is 0 Å². The van der Waals surface area contributed by atoms with Gasteiger partial charge in [-0.2, -0.15) is 5.26 Å². The molecule has 2 aromatic rings. The van der Waals surface area contributed by atoms with Crippen molar-refractivity contribution in [3.05, 3.63) is 48.8 Å². The first-order chi connectivity index (χ1) is 11.9. The third-order valence-electron chi connectivity index (χ3n) is 3.40. The number of nitrogens with one attached hydrogen (secondary N) is 2. The summed E-state index contributed by atoms with van der Waals surface area (Å²) in [6, 6.07) is 3.64. The van der Waals surface area contributed by atoms with Gasteiger partial charge in [0.2, 0.25) is 12.2 Å². The average Bonchev–Trinajstić information content (AvgIpc) is 2.63. The highest BCUT2D eigenvalue weighted by Gasteiger charge is 2.00. The summed E-state index contributed by atoms with van der Waals surface area (Å²) in [6.07, 6.45) is 15.9. The largest absolute Gasteiger partial charge is 0.355 e. The van der Waals surface area contributed by atoms with Crippen LogP contribution in [0.25, 0.3) is 0 Å². The second-order valence-electron chi connectivity index (χ2n) is 5.26. The molecule has 0 aliphatic rings. The zero-order chi connectivity index (χ0) is 16.9. The second kappa shape index (κ2) is 10.7. The Labute approximate surface area is 141 Å². The number of hydrogen-bond donors (Lipinski definition) is 2. The Morgan fingerprint density at radius 2 is 1.79 bits per heavy atom. The number of hydrogen-bond acceptors (Lipinski definition) is 5. The normalized spacial score (nSPS) is 10.9. The van der Waals surface area contributed by atoms with Crippen LogP contribution in [0.4, 0.5) is 5.69 Å². The van der Waals surface area contributed by atoms with Crippen molar-refractivity contribution in [2.45, 2.75) is 32.1 Å². The number of nitrogens with zero attached hydrogens (tertiary/aromatic N) is 5. The first kappa shape index (κ1) is 17.3. The van der Waals surface area contributed by atoms with Crippen LogP contribution in [-0.2, 0) is 6.42 Å². The van der Waals surface area contributed by atoms with Crippen LogP contribution in [0.3, 0.4) is 0 Å². The molecule has 0 saturated heterocycles. The van der Waals surface area contributed by atoms with Gasteiger partial charge in [-0.05, 0) is 37.0 Å². The zero-order valence-corrected chi connectivity index (χ0v) is 13.5. The highest BCUT2D eigenvalue weighted by atomic mass is 15.2. The van der Waals surface area contributed by atoms with Crippen molar-refractivity contribution >= 4 is 11.6 Å². The molecule has 0 atom stereocenters. The lowest BCUT2D eigenvalue weighted by Crippen LogP contribution is -2.31. The lowest BCUT2D eigenvalue weighted by molar-refractivity contribution is 0.630. The van der Waals surface area contributed by atoms with E-state index in [9.17, 15) is 0 Å². The van der Waals surface area contributed by atoms with Gasteiger partial charge < -0.3 is 10.6 Å². The van der Waals surface area contributed by atoms with Gasteiger partial charge in [0, 0.05) is 37.0 Å². The van der Waals surface area contributed by atoms with Crippen LogP contribution in [0.5, 0.6) is 0 Å². The lowest BCUT2D eigenvalue weighted by Gasteiger charge is -2.10. The minimum atomic E-state index is 0.463. The Morgan fingerprint density at radius 3 is 2.54 bits per heavy atom. The van der Waals surface area contributed by atoms with E-state index in [0.717, 1.165) is 44.3 Å². The monoisotopic (exact) mass is 323 g/mol. The molecule has 0 radical (unpaired) electrons. The zero-order valence-electron chi connectivity index (χ0n) is 13.5. The van der Waals surface area contributed by atoms with Gasteiger partial charge in [-0.25, -0.2) is 9.97 Å². The Hall–Kier alpha value is -3.01. The maximum absolute atomic E-state index is 8.76. The Morgan fingerprint density at radius 1 is 1.04 bits per heavy atom. The van der Waals surface area contributed by atoms with Gasteiger partial charge >= 0.3 is 0 Å². The van der Waals surface area contributed by atoms with Crippen LogP contribution in [0.15, 0.2) is 48.2 Å². The molecular formula is C17H21N7. The third kappa shape index (κ3) is 6.83. The first-order valence-corrected chi connectivity index (χ1v) is 8.00. The van der Waals surface area contributed by atoms with E-state index in [1.807, 2.05) is 24.5 Å². The predicted octanol–water partition coefficient (Wildman–Crippen LogP) is 2.51. The topological polar surface area (TPSA) is 98.9 Å². The van der Waals surface area contributed by atoms with Crippen molar-refractivity contribution in [2.24, 2.45) is 4.99 Å². The van der Waals surface area contributed by atoms with Gasteiger partial charge in [0.05, 0.1) is 0 Å². The molecule has 124 valence electrons. The number of anilines is 1. The summed E-state index contributed by atoms with van der Waals surface area (Å²) in [4.78, 5) is 15.7. The Bertz CT molecular complexity index is 650. The molecule has 0 aliphatic carbocycles. The molecule has 2 heterocycles. The average molecular weight is 323 g/mol. The summed E-state index contributed by atoms with van der Waals surface area (Å²) in [6.45, 7) is 0.771. The molecule has 2 aromatic heterocycles. The summed E-state index contributed by atoms with van der Waals surface area (Å²) < 4.78 is 0. The van der Waals surface area contributed by atoms with Gasteiger partial charge in [-0.15, -0.1) is 4.99 Å². The van der Waals surface area contributed by atoms with E-state index in [1.165, 1.54) is 5.56 Å². The lowest BCUT2D eigenvalue weighted by atomic mass is 10.1. The van der Waals surface area contributed by atoms with Crippen LogP contribution >= 0.6 is 0 Å². The minimum Gasteiger partial charge on any atom is -0.355 e. The maximum atomic E-state index is 8.76. The minimum absolute atomic E-state index is 0.463. The van der Waals surface area contributed by atoms with Crippen molar-refractivity contribution in [1.82, 2.24) is 20.3 Å². The van der Waals surface area contributed by atoms with E-state index in [4.69, 9.17) is 5.26 Å². The van der Waals surface area contributed by atoms with Crippen molar-refractivity contribution in [2.75, 3.05) is 11.9 Å². The van der Waals surface area contributed by atoms with Gasteiger partial charge in [-0.1, -0.05) is 12.8 Å². The van der Waals surface area contributed by atoms with Crippen molar-refractivity contribution in [1.29, 1.82) is 5.26 Å². The fourth-order valence-corrected chi connectivity index (χ4v) is 2.21. The molecule has 0 spiro atoms. The van der Waals surface area contributed by atoms with Gasteiger partial charge in [0.1, 0.15) is 6.33 Å². The molecule has 0 unspecified atom stereocenters. The molecule has 0 fully saturated rings. The van der Waals surface area contributed by atoms with E-state index in [2.05, 4.69) is 30.6 Å².